The Morgan fingerprint density at radius 1 is 1.27 bits per heavy atom. The number of nitrogens with zero attached hydrogens (tertiary/aromatic N) is 2. The predicted molar refractivity (Wildman–Crippen MR) is 80.6 cm³/mol. The Balaban J connectivity index is 1.97. The minimum absolute atomic E-state index is 0.130. The largest absolute Gasteiger partial charge is 0.494 e. The van der Waals surface area contributed by atoms with Crippen LogP contribution in [0.1, 0.15) is 16.8 Å². The van der Waals surface area contributed by atoms with Gasteiger partial charge in [0, 0.05) is 24.1 Å². The van der Waals surface area contributed by atoms with Crippen LogP contribution in [0.4, 0.5) is 4.39 Å². The average molecular weight is 296 g/mol. The fourth-order valence-electron chi connectivity index (χ4n) is 3.00. The number of halogens is 1. The summed E-state index contributed by atoms with van der Waals surface area (Å²) in [7, 11) is 1.43. The van der Waals surface area contributed by atoms with Gasteiger partial charge < -0.3 is 9.30 Å². The standard InChI is InChI=1S/C17H13FN2O2/c1-22-15-6-5-10(9-12(15)18)17-19-13-4-2-3-11-14(21)7-8-20(17)16(11)13/h2-6,9H,7-8H2,1H3. The molecule has 0 aliphatic carbocycles. The number of para-hydroxylation sites is 1. The topological polar surface area (TPSA) is 44.1 Å². The van der Waals surface area contributed by atoms with Crippen molar-refractivity contribution in [1.82, 2.24) is 9.55 Å². The number of imidazole rings is 1. The van der Waals surface area contributed by atoms with E-state index in [-0.39, 0.29) is 11.5 Å². The van der Waals surface area contributed by atoms with Crippen molar-refractivity contribution < 1.29 is 13.9 Å². The highest BCUT2D eigenvalue weighted by Crippen LogP contribution is 2.32. The Morgan fingerprint density at radius 3 is 2.91 bits per heavy atom. The highest BCUT2D eigenvalue weighted by molar-refractivity contribution is 6.08. The van der Waals surface area contributed by atoms with Gasteiger partial charge in [0.15, 0.2) is 17.3 Å². The molecule has 0 saturated heterocycles. The van der Waals surface area contributed by atoms with Crippen LogP contribution in [0.5, 0.6) is 5.75 Å². The minimum atomic E-state index is -0.424. The summed E-state index contributed by atoms with van der Waals surface area (Å²) in [5, 5.41) is 0. The number of aryl methyl sites for hydroxylation is 1. The minimum Gasteiger partial charge on any atom is -0.494 e. The van der Waals surface area contributed by atoms with Crippen LogP contribution in [0, 0.1) is 5.82 Å². The van der Waals surface area contributed by atoms with E-state index in [1.165, 1.54) is 13.2 Å². The predicted octanol–water partition coefficient (Wildman–Crippen LogP) is 3.44. The lowest BCUT2D eigenvalue weighted by Gasteiger charge is -2.16. The van der Waals surface area contributed by atoms with Gasteiger partial charge in [-0.25, -0.2) is 9.37 Å². The van der Waals surface area contributed by atoms with Crippen molar-refractivity contribution in [1.29, 1.82) is 0 Å². The maximum absolute atomic E-state index is 14.0. The van der Waals surface area contributed by atoms with Gasteiger partial charge in [-0.2, -0.15) is 0 Å². The number of Topliss-reactive ketones (excluding diaryl/α,β-unsaturated/α-hetero) is 1. The highest BCUT2D eigenvalue weighted by Gasteiger charge is 2.23. The molecule has 0 N–H and O–H groups in total. The van der Waals surface area contributed by atoms with E-state index in [0.717, 1.165) is 11.0 Å². The van der Waals surface area contributed by atoms with E-state index in [1.54, 1.807) is 12.1 Å². The molecule has 0 unspecified atom stereocenters. The Kier molecular flexibility index (Phi) is 2.76. The van der Waals surface area contributed by atoms with E-state index in [2.05, 4.69) is 4.98 Å². The monoisotopic (exact) mass is 296 g/mol. The fraction of sp³-hybridized carbons (Fsp3) is 0.176. The zero-order valence-electron chi connectivity index (χ0n) is 12.0. The van der Waals surface area contributed by atoms with Gasteiger partial charge in [-0.15, -0.1) is 0 Å². The van der Waals surface area contributed by atoms with Crippen molar-refractivity contribution in [2.75, 3.05) is 7.11 Å². The van der Waals surface area contributed by atoms with Crippen molar-refractivity contribution in [2.24, 2.45) is 0 Å². The summed E-state index contributed by atoms with van der Waals surface area (Å²) in [4.78, 5) is 16.6. The van der Waals surface area contributed by atoms with Crippen molar-refractivity contribution in [2.45, 2.75) is 13.0 Å². The summed E-state index contributed by atoms with van der Waals surface area (Å²) in [6.45, 7) is 0.565. The molecule has 3 aromatic rings. The molecule has 2 heterocycles. The summed E-state index contributed by atoms with van der Waals surface area (Å²) < 4.78 is 20.9. The summed E-state index contributed by atoms with van der Waals surface area (Å²) >= 11 is 0. The van der Waals surface area contributed by atoms with Crippen molar-refractivity contribution in [3.05, 3.63) is 47.8 Å². The Labute approximate surface area is 126 Å². The van der Waals surface area contributed by atoms with Gasteiger partial charge in [0.05, 0.1) is 18.1 Å². The molecule has 0 amide bonds. The number of hydrogen-bond acceptors (Lipinski definition) is 3. The normalized spacial score (nSPS) is 13.6. The van der Waals surface area contributed by atoms with Gasteiger partial charge in [0.25, 0.3) is 0 Å². The number of aromatic nitrogens is 2. The molecule has 0 bridgehead atoms. The lowest BCUT2D eigenvalue weighted by molar-refractivity contribution is 0.0973. The smallest absolute Gasteiger partial charge is 0.166 e. The molecule has 22 heavy (non-hydrogen) atoms. The van der Waals surface area contributed by atoms with Crippen LogP contribution in [0.3, 0.4) is 0 Å². The Morgan fingerprint density at radius 2 is 2.14 bits per heavy atom. The lowest BCUT2D eigenvalue weighted by Crippen LogP contribution is -2.14. The van der Waals surface area contributed by atoms with E-state index in [4.69, 9.17) is 4.74 Å². The number of ketones is 1. The average Bonchev–Trinajstić information content (AvgIpc) is 2.91. The molecular weight excluding hydrogens is 283 g/mol. The van der Waals surface area contributed by atoms with Gasteiger partial charge in [-0.3, -0.25) is 4.79 Å². The second-order valence-electron chi connectivity index (χ2n) is 5.28. The second kappa shape index (κ2) is 4.66. The summed E-state index contributed by atoms with van der Waals surface area (Å²) in [5.41, 5.74) is 2.97. The molecule has 1 aliphatic heterocycles. The van der Waals surface area contributed by atoms with Gasteiger partial charge in [0.2, 0.25) is 0 Å². The first-order chi connectivity index (χ1) is 10.7. The van der Waals surface area contributed by atoms with E-state index < -0.39 is 5.82 Å². The van der Waals surface area contributed by atoms with E-state index >= 15 is 0 Å². The molecule has 0 saturated carbocycles. The van der Waals surface area contributed by atoms with E-state index in [0.29, 0.717) is 29.9 Å². The Hall–Kier alpha value is -2.69. The molecule has 4 nitrogen and oxygen atoms in total. The van der Waals surface area contributed by atoms with Gasteiger partial charge in [0.1, 0.15) is 5.82 Å². The molecule has 0 fully saturated rings. The van der Waals surface area contributed by atoms with Crippen LogP contribution in [-0.2, 0) is 6.54 Å². The molecule has 0 radical (unpaired) electrons. The first kappa shape index (κ1) is 13.0. The molecule has 0 spiro atoms. The molecule has 2 aromatic carbocycles. The molecule has 4 rings (SSSR count). The van der Waals surface area contributed by atoms with Crippen LogP contribution in [0.2, 0.25) is 0 Å². The van der Waals surface area contributed by atoms with Crippen molar-refractivity contribution in [3.8, 4) is 17.1 Å². The summed E-state index contributed by atoms with van der Waals surface area (Å²) in [6, 6.07) is 10.3. The quantitative estimate of drug-likeness (QED) is 0.727. The van der Waals surface area contributed by atoms with Gasteiger partial charge >= 0.3 is 0 Å². The highest BCUT2D eigenvalue weighted by atomic mass is 19.1. The molecular formula is C17H13FN2O2. The number of rotatable bonds is 2. The van der Waals surface area contributed by atoms with Crippen LogP contribution < -0.4 is 4.74 Å². The summed E-state index contributed by atoms with van der Waals surface area (Å²) in [5.74, 6) is 0.586. The first-order valence-corrected chi connectivity index (χ1v) is 7.05. The number of ether oxygens (including phenoxy) is 1. The number of benzene rings is 2. The van der Waals surface area contributed by atoms with Gasteiger partial charge in [-0.05, 0) is 30.3 Å². The third kappa shape index (κ3) is 1.75. The van der Waals surface area contributed by atoms with Crippen LogP contribution in [0.25, 0.3) is 22.4 Å². The second-order valence-corrected chi connectivity index (χ2v) is 5.28. The zero-order chi connectivity index (χ0) is 15.3. The van der Waals surface area contributed by atoms with Gasteiger partial charge in [-0.1, -0.05) is 6.07 Å². The van der Waals surface area contributed by atoms with E-state index in [9.17, 15) is 9.18 Å². The SMILES string of the molecule is COc1ccc(-c2nc3cccc4c3n2CCC4=O)cc1F. The van der Waals surface area contributed by atoms with Crippen LogP contribution in [0.15, 0.2) is 36.4 Å². The Bertz CT molecular complexity index is 914. The maximum atomic E-state index is 14.0. The number of carbonyl (C=O) groups is 1. The molecule has 1 aliphatic rings. The molecule has 110 valence electrons. The fourth-order valence-corrected chi connectivity index (χ4v) is 3.00. The van der Waals surface area contributed by atoms with Crippen molar-refractivity contribution >= 4 is 16.8 Å². The molecule has 1 aromatic heterocycles. The van der Waals surface area contributed by atoms with E-state index in [1.807, 2.05) is 22.8 Å². The van der Waals surface area contributed by atoms with Crippen LogP contribution >= 0.6 is 0 Å². The number of carbonyl (C=O) groups excluding carboxylic acids is 1. The maximum Gasteiger partial charge on any atom is 0.166 e. The number of hydrogen-bond donors (Lipinski definition) is 0. The first-order valence-electron chi connectivity index (χ1n) is 7.05. The third-order valence-electron chi connectivity index (χ3n) is 4.04. The third-order valence-corrected chi connectivity index (χ3v) is 4.04. The van der Waals surface area contributed by atoms with Crippen molar-refractivity contribution in [3.63, 3.8) is 0 Å². The number of methoxy groups -OCH3 is 1. The lowest BCUT2D eigenvalue weighted by atomic mass is 10.0. The molecule has 0 atom stereocenters. The summed E-state index contributed by atoms with van der Waals surface area (Å²) in [6.07, 6.45) is 0.439. The van der Waals surface area contributed by atoms with Crippen LogP contribution in [-0.4, -0.2) is 22.4 Å². The molecule has 5 heteroatoms. The zero-order valence-corrected chi connectivity index (χ0v) is 12.0.